The van der Waals surface area contributed by atoms with Crippen LogP contribution in [0.2, 0.25) is 0 Å². The number of aromatic nitrogens is 1. The zero-order chi connectivity index (χ0) is 22.7. The Bertz CT molecular complexity index is 1100. The summed E-state index contributed by atoms with van der Waals surface area (Å²) in [6.45, 7) is 6.85. The lowest BCUT2D eigenvalue weighted by Gasteiger charge is -2.28. The number of pyridine rings is 1. The number of fused-ring (bicyclic) bond motifs is 1. The van der Waals surface area contributed by atoms with Gasteiger partial charge in [0.15, 0.2) is 0 Å². The molecule has 1 aliphatic heterocycles. The van der Waals surface area contributed by atoms with Crippen molar-refractivity contribution in [3.8, 4) is 11.3 Å². The van der Waals surface area contributed by atoms with Crippen LogP contribution in [-0.4, -0.2) is 60.6 Å². The van der Waals surface area contributed by atoms with Gasteiger partial charge in [-0.2, -0.15) is 0 Å². The molecule has 1 fully saturated rings. The molecule has 5 nitrogen and oxygen atoms in total. The highest BCUT2D eigenvalue weighted by Crippen LogP contribution is 2.29. The Balaban J connectivity index is 1.77. The minimum atomic E-state index is -0.324. The first-order chi connectivity index (χ1) is 15.4. The fourth-order valence-corrected chi connectivity index (χ4v) is 4.32. The van der Waals surface area contributed by atoms with Gasteiger partial charge in [-0.05, 0) is 64.0 Å². The molecule has 2 aromatic carbocycles. The normalized spacial score (nSPS) is 16.1. The predicted molar refractivity (Wildman–Crippen MR) is 130 cm³/mol. The number of carbonyl (C=O) groups is 1. The minimum Gasteiger partial charge on any atom is -0.368 e. The lowest BCUT2D eigenvalue weighted by atomic mass is 10.00. The van der Waals surface area contributed by atoms with E-state index >= 15 is 0 Å². The average Bonchev–Trinajstić information content (AvgIpc) is 3.31. The van der Waals surface area contributed by atoms with Crippen molar-refractivity contribution in [1.29, 1.82) is 0 Å². The standard InChI is InChI=1S/C27H33N3O2/c1-19-8-5-10-21(16-19)26-23(17-22-11-6-9-20(2)25(22)28-26)18-30(14-13-29(3)4)27(31)24-12-7-15-32-24/h5-6,8-11,16-17,24H,7,12-15,18H2,1-4H3. The lowest BCUT2D eigenvalue weighted by Crippen LogP contribution is -2.42. The van der Waals surface area contributed by atoms with Crippen LogP contribution in [0.1, 0.15) is 29.5 Å². The van der Waals surface area contributed by atoms with E-state index in [1.54, 1.807) is 0 Å². The molecule has 3 aromatic rings. The molecule has 4 rings (SSSR count). The number of amides is 1. The molecular formula is C27H33N3O2. The number of nitrogens with zero attached hydrogens (tertiary/aromatic N) is 3. The predicted octanol–water partition coefficient (Wildman–Crippen LogP) is 4.59. The smallest absolute Gasteiger partial charge is 0.252 e. The van der Waals surface area contributed by atoms with E-state index in [1.165, 1.54) is 5.56 Å². The van der Waals surface area contributed by atoms with E-state index in [9.17, 15) is 4.79 Å². The Morgan fingerprint density at radius 1 is 1.09 bits per heavy atom. The summed E-state index contributed by atoms with van der Waals surface area (Å²) in [5.41, 5.74) is 6.47. The van der Waals surface area contributed by atoms with E-state index < -0.39 is 0 Å². The Morgan fingerprint density at radius 3 is 2.62 bits per heavy atom. The molecule has 1 saturated heterocycles. The maximum Gasteiger partial charge on any atom is 0.252 e. The zero-order valence-corrected chi connectivity index (χ0v) is 19.6. The van der Waals surface area contributed by atoms with Crippen molar-refractivity contribution >= 4 is 16.8 Å². The van der Waals surface area contributed by atoms with Crippen LogP contribution in [0.4, 0.5) is 0 Å². The van der Waals surface area contributed by atoms with Gasteiger partial charge in [0.2, 0.25) is 0 Å². The number of rotatable bonds is 7. The summed E-state index contributed by atoms with van der Waals surface area (Å²) in [6, 6.07) is 16.9. The van der Waals surface area contributed by atoms with Gasteiger partial charge < -0.3 is 14.5 Å². The van der Waals surface area contributed by atoms with Gasteiger partial charge in [-0.1, -0.05) is 42.0 Å². The fourth-order valence-electron chi connectivity index (χ4n) is 4.32. The zero-order valence-electron chi connectivity index (χ0n) is 19.6. The highest BCUT2D eigenvalue weighted by Gasteiger charge is 2.29. The third kappa shape index (κ3) is 5.00. The average molecular weight is 432 g/mol. The Morgan fingerprint density at radius 2 is 1.91 bits per heavy atom. The number of aryl methyl sites for hydroxylation is 2. The van der Waals surface area contributed by atoms with Gasteiger partial charge in [-0.15, -0.1) is 0 Å². The van der Waals surface area contributed by atoms with Crippen molar-refractivity contribution in [3.63, 3.8) is 0 Å². The molecule has 0 saturated carbocycles. The maximum atomic E-state index is 13.3. The molecule has 0 radical (unpaired) electrons. The van der Waals surface area contributed by atoms with Crippen molar-refractivity contribution < 1.29 is 9.53 Å². The number of benzene rings is 2. The van der Waals surface area contributed by atoms with Crippen LogP contribution < -0.4 is 0 Å². The summed E-state index contributed by atoms with van der Waals surface area (Å²) in [4.78, 5) is 22.5. The highest BCUT2D eigenvalue weighted by molar-refractivity contribution is 5.86. The molecule has 0 aliphatic carbocycles. The number of hydrogen-bond acceptors (Lipinski definition) is 4. The van der Waals surface area contributed by atoms with E-state index in [-0.39, 0.29) is 12.0 Å². The first-order valence-electron chi connectivity index (χ1n) is 11.4. The van der Waals surface area contributed by atoms with Gasteiger partial charge in [-0.3, -0.25) is 4.79 Å². The molecule has 32 heavy (non-hydrogen) atoms. The van der Waals surface area contributed by atoms with E-state index in [0.717, 1.165) is 52.7 Å². The van der Waals surface area contributed by atoms with Crippen LogP contribution >= 0.6 is 0 Å². The largest absolute Gasteiger partial charge is 0.368 e. The topological polar surface area (TPSA) is 45.7 Å². The van der Waals surface area contributed by atoms with E-state index in [2.05, 4.69) is 67.3 Å². The molecule has 0 bridgehead atoms. The summed E-state index contributed by atoms with van der Waals surface area (Å²) in [6.07, 6.45) is 1.43. The van der Waals surface area contributed by atoms with Gasteiger partial charge in [0.25, 0.3) is 5.91 Å². The number of likely N-dealkylation sites (N-methyl/N-ethyl adjacent to an activating group) is 1. The van der Waals surface area contributed by atoms with Crippen LogP contribution in [0.5, 0.6) is 0 Å². The van der Waals surface area contributed by atoms with Crippen LogP contribution in [0.3, 0.4) is 0 Å². The summed E-state index contributed by atoms with van der Waals surface area (Å²) < 4.78 is 5.74. The number of carbonyl (C=O) groups excluding carboxylic acids is 1. The Hall–Kier alpha value is -2.76. The van der Waals surface area contributed by atoms with Gasteiger partial charge in [-0.25, -0.2) is 4.98 Å². The number of para-hydroxylation sites is 1. The molecule has 1 unspecified atom stereocenters. The Kier molecular flexibility index (Phi) is 6.87. The van der Waals surface area contributed by atoms with Crippen molar-refractivity contribution in [3.05, 3.63) is 65.2 Å². The minimum absolute atomic E-state index is 0.0869. The third-order valence-electron chi connectivity index (χ3n) is 6.11. The quantitative estimate of drug-likeness (QED) is 0.549. The first-order valence-corrected chi connectivity index (χ1v) is 11.4. The van der Waals surface area contributed by atoms with Crippen molar-refractivity contribution in [2.45, 2.75) is 39.3 Å². The van der Waals surface area contributed by atoms with Crippen LogP contribution in [0, 0.1) is 13.8 Å². The monoisotopic (exact) mass is 431 g/mol. The van der Waals surface area contributed by atoms with Gasteiger partial charge in [0, 0.05) is 37.2 Å². The fraction of sp³-hybridized carbons (Fsp3) is 0.407. The molecule has 1 aromatic heterocycles. The SMILES string of the molecule is Cc1cccc(-c2nc3c(C)cccc3cc2CN(CCN(C)C)C(=O)C2CCCO2)c1. The van der Waals surface area contributed by atoms with Crippen molar-refractivity contribution in [2.75, 3.05) is 33.8 Å². The molecule has 168 valence electrons. The second kappa shape index (κ2) is 9.80. The summed E-state index contributed by atoms with van der Waals surface area (Å²) in [5, 5.41) is 1.11. The molecule has 1 amide bonds. The van der Waals surface area contributed by atoms with Crippen LogP contribution in [0.25, 0.3) is 22.2 Å². The van der Waals surface area contributed by atoms with Crippen LogP contribution in [0.15, 0.2) is 48.5 Å². The second-order valence-electron chi connectivity index (χ2n) is 9.08. The third-order valence-corrected chi connectivity index (χ3v) is 6.11. The number of ether oxygens (including phenoxy) is 1. The van der Waals surface area contributed by atoms with Gasteiger partial charge in [0.05, 0.1) is 11.2 Å². The number of hydrogen-bond donors (Lipinski definition) is 0. The second-order valence-corrected chi connectivity index (χ2v) is 9.08. The van der Waals surface area contributed by atoms with Crippen molar-refractivity contribution in [1.82, 2.24) is 14.8 Å². The molecule has 0 N–H and O–H groups in total. The molecule has 5 heteroatoms. The first kappa shape index (κ1) is 22.4. The lowest BCUT2D eigenvalue weighted by molar-refractivity contribution is -0.141. The molecular weight excluding hydrogens is 398 g/mol. The van der Waals surface area contributed by atoms with Crippen LogP contribution in [-0.2, 0) is 16.1 Å². The summed E-state index contributed by atoms with van der Waals surface area (Å²) >= 11 is 0. The van der Waals surface area contributed by atoms with E-state index in [1.807, 2.05) is 19.0 Å². The summed E-state index contributed by atoms with van der Waals surface area (Å²) in [7, 11) is 4.07. The molecule has 1 atom stereocenters. The van der Waals surface area contributed by atoms with E-state index in [4.69, 9.17) is 9.72 Å². The Labute approximate surface area is 191 Å². The van der Waals surface area contributed by atoms with Crippen molar-refractivity contribution in [2.24, 2.45) is 0 Å². The molecule has 2 heterocycles. The van der Waals surface area contributed by atoms with E-state index in [0.29, 0.717) is 19.7 Å². The highest BCUT2D eigenvalue weighted by atomic mass is 16.5. The molecule has 0 spiro atoms. The summed E-state index contributed by atoms with van der Waals surface area (Å²) in [5.74, 6) is 0.0869. The maximum absolute atomic E-state index is 13.3. The van der Waals surface area contributed by atoms with Gasteiger partial charge in [0.1, 0.15) is 6.10 Å². The molecule has 1 aliphatic rings. The van der Waals surface area contributed by atoms with Gasteiger partial charge >= 0.3 is 0 Å².